The summed E-state index contributed by atoms with van der Waals surface area (Å²) in [6.07, 6.45) is 1.17. The summed E-state index contributed by atoms with van der Waals surface area (Å²) < 4.78 is 0. The SMILES string of the molecule is CCC(C)CN(CCN(CCN(CCN)CCN)CCN(CCN)CCN)CCN(CCN(CCN)CCN)CCN(CCN)CCN. The Morgan fingerprint density at radius 3 is 0.625 bits per heavy atom. The van der Waals surface area contributed by atoms with Gasteiger partial charge in [-0.25, -0.2) is 0 Å². The molecular weight excluding hydrogens is 606 g/mol. The van der Waals surface area contributed by atoms with Crippen molar-refractivity contribution in [3.63, 3.8) is 0 Å². The van der Waals surface area contributed by atoms with E-state index in [2.05, 4.69) is 48.1 Å². The van der Waals surface area contributed by atoms with E-state index in [1.807, 2.05) is 0 Å². The Bertz CT molecular complexity index is 553. The molecule has 0 aromatic carbocycles. The second-order valence-corrected chi connectivity index (χ2v) is 13.2. The molecule has 0 amide bonds. The first-order valence-electron chi connectivity index (χ1n) is 19.0. The van der Waals surface area contributed by atoms with Crippen molar-refractivity contribution >= 4 is 0 Å². The molecule has 1 atom stereocenters. The van der Waals surface area contributed by atoms with E-state index in [0.717, 1.165) is 137 Å². The fourth-order valence-corrected chi connectivity index (χ4v) is 6.03. The highest BCUT2D eigenvalue weighted by Gasteiger charge is 2.17. The van der Waals surface area contributed by atoms with E-state index in [4.69, 9.17) is 45.9 Å². The monoisotopic (exact) mass is 690 g/mol. The van der Waals surface area contributed by atoms with Gasteiger partial charge in [0.05, 0.1) is 0 Å². The molecule has 0 spiro atoms. The van der Waals surface area contributed by atoms with E-state index in [1.54, 1.807) is 0 Å². The Balaban J connectivity index is 5.74. The van der Waals surface area contributed by atoms with E-state index < -0.39 is 0 Å². The standard InChI is InChI=1S/C33H83N15/c1-3-33(2)32-48(30-28-46(24-20-42(12-4-34)13-5-35)25-21-43(14-6-36)15-7-37)31-29-47(26-22-44(16-8-38)17-9-39)27-23-45(18-10-40)19-11-41/h33H,3-32,34-41H2,1-2H3. The molecule has 0 aliphatic rings. The van der Waals surface area contributed by atoms with E-state index in [1.165, 1.54) is 6.42 Å². The number of hydrogen-bond acceptors (Lipinski definition) is 15. The first-order chi connectivity index (χ1) is 23.3. The predicted octanol–water partition coefficient (Wildman–Crippen LogP) is -4.18. The molecule has 15 heteroatoms. The lowest BCUT2D eigenvalue weighted by Crippen LogP contribution is -2.48. The zero-order chi connectivity index (χ0) is 35.8. The third-order valence-corrected chi connectivity index (χ3v) is 9.22. The summed E-state index contributed by atoms with van der Waals surface area (Å²) in [6.45, 7) is 29.7. The molecule has 0 fully saturated rings. The van der Waals surface area contributed by atoms with E-state index >= 15 is 0 Å². The van der Waals surface area contributed by atoms with Crippen LogP contribution in [0.25, 0.3) is 0 Å². The molecule has 0 aliphatic heterocycles. The Kier molecular flexibility index (Phi) is 33.1. The quantitative estimate of drug-likeness (QED) is 0.0309. The minimum Gasteiger partial charge on any atom is -0.329 e. The second-order valence-electron chi connectivity index (χ2n) is 13.2. The maximum Gasteiger partial charge on any atom is 0.0110 e. The van der Waals surface area contributed by atoms with Gasteiger partial charge in [0.15, 0.2) is 0 Å². The third kappa shape index (κ3) is 25.4. The van der Waals surface area contributed by atoms with E-state index in [-0.39, 0.29) is 0 Å². The summed E-state index contributed by atoms with van der Waals surface area (Å²) in [6, 6.07) is 0. The van der Waals surface area contributed by atoms with Crippen molar-refractivity contribution in [2.24, 2.45) is 51.8 Å². The van der Waals surface area contributed by atoms with Crippen molar-refractivity contribution in [3.8, 4) is 0 Å². The Morgan fingerprint density at radius 1 is 0.292 bits per heavy atom. The van der Waals surface area contributed by atoms with Crippen LogP contribution < -0.4 is 45.9 Å². The fraction of sp³-hybridized carbons (Fsp3) is 1.00. The summed E-state index contributed by atoms with van der Waals surface area (Å²) in [4.78, 5) is 17.4. The molecule has 0 aromatic rings. The second kappa shape index (κ2) is 33.5. The summed E-state index contributed by atoms with van der Waals surface area (Å²) >= 11 is 0. The van der Waals surface area contributed by atoms with Crippen LogP contribution in [-0.2, 0) is 0 Å². The largest absolute Gasteiger partial charge is 0.329 e. The van der Waals surface area contributed by atoms with Crippen molar-refractivity contribution in [3.05, 3.63) is 0 Å². The predicted molar refractivity (Wildman–Crippen MR) is 207 cm³/mol. The number of nitrogens with two attached hydrogens (primary N) is 8. The van der Waals surface area contributed by atoms with Crippen LogP contribution in [0.2, 0.25) is 0 Å². The Labute approximate surface area is 295 Å². The van der Waals surface area contributed by atoms with Gasteiger partial charge in [-0.3, -0.25) is 29.4 Å². The molecular formula is C33H83N15. The van der Waals surface area contributed by atoms with E-state index in [9.17, 15) is 0 Å². The summed E-state index contributed by atoms with van der Waals surface area (Å²) in [5.74, 6) is 0.635. The van der Waals surface area contributed by atoms with Gasteiger partial charge >= 0.3 is 0 Å². The molecule has 0 rings (SSSR count). The Morgan fingerprint density at radius 2 is 0.458 bits per heavy atom. The molecule has 0 bridgehead atoms. The smallest absolute Gasteiger partial charge is 0.0110 e. The van der Waals surface area contributed by atoms with Crippen molar-refractivity contribution < 1.29 is 0 Å². The first kappa shape index (κ1) is 47.4. The van der Waals surface area contributed by atoms with Crippen LogP contribution in [0.1, 0.15) is 20.3 Å². The number of rotatable bonds is 37. The zero-order valence-electron chi connectivity index (χ0n) is 31.5. The molecule has 0 heterocycles. The van der Waals surface area contributed by atoms with Crippen LogP contribution in [0.15, 0.2) is 0 Å². The first-order valence-corrected chi connectivity index (χ1v) is 19.0. The zero-order valence-corrected chi connectivity index (χ0v) is 31.5. The lowest BCUT2D eigenvalue weighted by atomic mass is 10.1. The van der Waals surface area contributed by atoms with Crippen molar-refractivity contribution in [1.82, 2.24) is 34.3 Å². The van der Waals surface area contributed by atoms with Crippen LogP contribution in [0.3, 0.4) is 0 Å². The minimum absolute atomic E-state index is 0.635. The van der Waals surface area contributed by atoms with Gasteiger partial charge in [-0.15, -0.1) is 0 Å². The molecule has 48 heavy (non-hydrogen) atoms. The van der Waals surface area contributed by atoms with Gasteiger partial charge in [0.1, 0.15) is 0 Å². The molecule has 1 unspecified atom stereocenters. The van der Waals surface area contributed by atoms with Crippen molar-refractivity contribution in [2.45, 2.75) is 20.3 Å². The summed E-state index contributed by atoms with van der Waals surface area (Å²) in [5, 5.41) is 0. The van der Waals surface area contributed by atoms with Gasteiger partial charge in [-0.1, -0.05) is 20.3 Å². The normalized spacial score (nSPS) is 13.2. The van der Waals surface area contributed by atoms with Gasteiger partial charge in [-0.05, 0) is 5.92 Å². The molecule has 0 saturated heterocycles. The molecule has 0 aromatic heterocycles. The number of hydrogen-bond donors (Lipinski definition) is 8. The lowest BCUT2D eigenvalue weighted by molar-refractivity contribution is 0.131. The van der Waals surface area contributed by atoms with Gasteiger partial charge in [0.2, 0.25) is 0 Å². The van der Waals surface area contributed by atoms with Crippen molar-refractivity contribution in [2.75, 3.05) is 190 Å². The van der Waals surface area contributed by atoms with E-state index in [0.29, 0.717) is 58.3 Å². The third-order valence-electron chi connectivity index (χ3n) is 9.22. The summed E-state index contributed by atoms with van der Waals surface area (Å²) in [5.41, 5.74) is 47.3. The highest BCUT2D eigenvalue weighted by atomic mass is 15.3. The van der Waals surface area contributed by atoms with Crippen LogP contribution in [0.4, 0.5) is 0 Å². The van der Waals surface area contributed by atoms with Crippen LogP contribution in [0, 0.1) is 5.92 Å². The number of nitrogens with zero attached hydrogens (tertiary/aromatic N) is 7. The average Bonchev–Trinajstić information content (AvgIpc) is 3.07. The topological polar surface area (TPSA) is 231 Å². The van der Waals surface area contributed by atoms with Gasteiger partial charge in [-0.2, -0.15) is 0 Å². The highest BCUT2D eigenvalue weighted by Crippen LogP contribution is 2.07. The van der Waals surface area contributed by atoms with Crippen LogP contribution in [-0.4, -0.2) is 224 Å². The molecule has 0 aliphatic carbocycles. The molecule has 16 N–H and O–H groups in total. The van der Waals surface area contributed by atoms with Crippen LogP contribution >= 0.6 is 0 Å². The highest BCUT2D eigenvalue weighted by molar-refractivity contribution is 4.74. The Hall–Kier alpha value is -0.600. The molecule has 290 valence electrons. The van der Waals surface area contributed by atoms with Crippen LogP contribution in [0.5, 0.6) is 0 Å². The minimum atomic E-state index is 0.635. The average molecular weight is 690 g/mol. The molecule has 15 nitrogen and oxygen atoms in total. The maximum absolute atomic E-state index is 5.92. The van der Waals surface area contributed by atoms with Gasteiger partial charge in [0, 0.05) is 190 Å². The molecule has 0 radical (unpaired) electrons. The van der Waals surface area contributed by atoms with Gasteiger partial charge in [0.25, 0.3) is 0 Å². The fourth-order valence-electron chi connectivity index (χ4n) is 6.03. The van der Waals surface area contributed by atoms with Gasteiger partial charge < -0.3 is 50.8 Å². The summed E-state index contributed by atoms with van der Waals surface area (Å²) in [7, 11) is 0. The maximum atomic E-state index is 5.92. The molecule has 0 saturated carbocycles. The van der Waals surface area contributed by atoms with Crippen molar-refractivity contribution in [1.29, 1.82) is 0 Å². The lowest BCUT2D eigenvalue weighted by Gasteiger charge is -2.34.